The van der Waals surface area contributed by atoms with Crippen molar-refractivity contribution < 1.29 is 23.8 Å². The Balaban J connectivity index is 1.24. The second kappa shape index (κ2) is 12.7. The van der Waals surface area contributed by atoms with E-state index in [4.69, 9.17) is 24.1 Å². The summed E-state index contributed by atoms with van der Waals surface area (Å²) >= 11 is 0. The van der Waals surface area contributed by atoms with Gasteiger partial charge < -0.3 is 34.7 Å². The highest BCUT2D eigenvalue weighted by Crippen LogP contribution is 2.31. The van der Waals surface area contributed by atoms with Gasteiger partial charge in [-0.3, -0.25) is 4.79 Å². The topological polar surface area (TPSA) is 146 Å². The zero-order chi connectivity index (χ0) is 31.5. The molecule has 1 saturated heterocycles. The van der Waals surface area contributed by atoms with E-state index in [0.717, 1.165) is 11.1 Å². The van der Waals surface area contributed by atoms with E-state index in [1.165, 1.54) is 4.90 Å². The molecule has 12 heteroatoms. The number of aromatic nitrogens is 3. The number of hydrogen-bond acceptors (Lipinski definition) is 9. The summed E-state index contributed by atoms with van der Waals surface area (Å²) < 4.78 is 11.4. The maximum absolute atomic E-state index is 12.7. The first-order chi connectivity index (χ1) is 21.7. The standard InChI is InChI=1S/C33H33N7O5/c1-20(41)27-12-13-28(45-27)23-18-26-29(34-19-23)31(40-14-16-44-17-15-40)38-30(37-26)21-4-8-24(9-5-21)35-33(43)36-25-10-6-22(7-11-25)32(42)39(2)3/h4-13,18-20,41H,14-17H2,1-3H3,(H2,35,36,43). The second-order valence-corrected chi connectivity index (χ2v) is 10.9. The van der Waals surface area contributed by atoms with Crippen molar-refractivity contribution in [1.29, 1.82) is 0 Å². The van der Waals surface area contributed by atoms with E-state index in [1.807, 2.05) is 18.2 Å². The van der Waals surface area contributed by atoms with Gasteiger partial charge in [0.15, 0.2) is 11.6 Å². The molecule has 5 aromatic rings. The van der Waals surface area contributed by atoms with Gasteiger partial charge in [0, 0.05) is 61.4 Å². The highest BCUT2D eigenvalue weighted by Gasteiger charge is 2.20. The monoisotopic (exact) mass is 607 g/mol. The van der Waals surface area contributed by atoms with Gasteiger partial charge in [-0.2, -0.15) is 0 Å². The molecule has 3 N–H and O–H groups in total. The quantitative estimate of drug-likeness (QED) is 0.228. The zero-order valence-corrected chi connectivity index (χ0v) is 25.2. The Morgan fingerprint density at radius 3 is 2.20 bits per heavy atom. The van der Waals surface area contributed by atoms with Gasteiger partial charge in [-0.15, -0.1) is 0 Å². The number of ether oxygens (including phenoxy) is 1. The van der Waals surface area contributed by atoms with E-state index in [-0.39, 0.29) is 5.91 Å². The molecule has 45 heavy (non-hydrogen) atoms. The lowest BCUT2D eigenvalue weighted by molar-refractivity contribution is 0.0827. The van der Waals surface area contributed by atoms with Gasteiger partial charge in [0.2, 0.25) is 0 Å². The lowest BCUT2D eigenvalue weighted by Crippen LogP contribution is -2.37. The van der Waals surface area contributed by atoms with Crippen molar-refractivity contribution in [3.63, 3.8) is 0 Å². The largest absolute Gasteiger partial charge is 0.458 e. The normalized spacial score (nSPS) is 13.8. The zero-order valence-electron chi connectivity index (χ0n) is 25.2. The van der Waals surface area contributed by atoms with Crippen molar-refractivity contribution in [2.24, 2.45) is 0 Å². The molecule has 0 saturated carbocycles. The number of urea groups is 1. The smallest absolute Gasteiger partial charge is 0.323 e. The van der Waals surface area contributed by atoms with E-state index < -0.39 is 12.1 Å². The molecule has 4 heterocycles. The van der Waals surface area contributed by atoms with E-state index in [9.17, 15) is 14.7 Å². The molecule has 230 valence electrons. The Morgan fingerprint density at radius 1 is 0.911 bits per heavy atom. The van der Waals surface area contributed by atoms with Crippen LogP contribution >= 0.6 is 0 Å². The molecule has 1 unspecified atom stereocenters. The summed E-state index contributed by atoms with van der Waals surface area (Å²) in [6, 6.07) is 19.0. The van der Waals surface area contributed by atoms with Gasteiger partial charge in [-0.25, -0.2) is 19.7 Å². The van der Waals surface area contributed by atoms with Crippen LogP contribution in [0.1, 0.15) is 29.1 Å². The van der Waals surface area contributed by atoms with Crippen LogP contribution in [0, 0.1) is 0 Å². The van der Waals surface area contributed by atoms with Crippen molar-refractivity contribution in [1.82, 2.24) is 19.9 Å². The number of amides is 3. The summed E-state index contributed by atoms with van der Waals surface area (Å²) in [4.78, 5) is 42.9. The van der Waals surface area contributed by atoms with Crippen LogP contribution in [0.3, 0.4) is 0 Å². The van der Waals surface area contributed by atoms with Crippen LogP contribution in [0.25, 0.3) is 33.7 Å². The summed E-state index contributed by atoms with van der Waals surface area (Å²) in [6.45, 7) is 4.19. The molecule has 0 aliphatic carbocycles. The molecule has 1 aliphatic heterocycles. The number of nitrogens with zero attached hydrogens (tertiary/aromatic N) is 5. The van der Waals surface area contributed by atoms with Gasteiger partial charge >= 0.3 is 6.03 Å². The average Bonchev–Trinajstić information content (AvgIpc) is 3.56. The predicted octanol–water partition coefficient (Wildman–Crippen LogP) is 5.19. The number of rotatable bonds is 7. The number of benzene rings is 2. The molecule has 6 rings (SSSR count). The van der Waals surface area contributed by atoms with Gasteiger partial charge in [0.05, 0.1) is 18.7 Å². The highest BCUT2D eigenvalue weighted by atomic mass is 16.5. The van der Waals surface area contributed by atoms with Gasteiger partial charge in [0.1, 0.15) is 23.1 Å². The molecule has 0 spiro atoms. The molecule has 1 aliphatic rings. The summed E-state index contributed by atoms with van der Waals surface area (Å²) in [6.07, 6.45) is 1.01. The average molecular weight is 608 g/mol. The van der Waals surface area contributed by atoms with Crippen LogP contribution < -0.4 is 15.5 Å². The van der Waals surface area contributed by atoms with Crippen molar-refractivity contribution in [3.05, 3.63) is 84.3 Å². The number of morpholine rings is 1. The number of hydrogen-bond donors (Lipinski definition) is 3. The molecule has 2 aromatic carbocycles. The number of nitrogens with one attached hydrogen (secondary N) is 2. The fourth-order valence-electron chi connectivity index (χ4n) is 4.95. The maximum atomic E-state index is 12.7. The summed E-state index contributed by atoms with van der Waals surface area (Å²) in [5, 5.41) is 15.5. The van der Waals surface area contributed by atoms with E-state index in [2.05, 4.69) is 15.5 Å². The first kappa shape index (κ1) is 29.7. The number of aliphatic hydroxyl groups is 1. The third-order valence-corrected chi connectivity index (χ3v) is 7.35. The number of fused-ring (bicyclic) bond motifs is 1. The molecule has 12 nitrogen and oxygen atoms in total. The maximum Gasteiger partial charge on any atom is 0.323 e. The summed E-state index contributed by atoms with van der Waals surface area (Å²) in [5.41, 5.74) is 4.49. The fourth-order valence-corrected chi connectivity index (χ4v) is 4.95. The van der Waals surface area contributed by atoms with E-state index >= 15 is 0 Å². The minimum Gasteiger partial charge on any atom is -0.458 e. The Kier molecular flexibility index (Phi) is 8.41. The Morgan fingerprint density at radius 2 is 1.58 bits per heavy atom. The number of carbonyl (C=O) groups is 2. The fraction of sp³-hybridized carbons (Fsp3) is 0.242. The van der Waals surface area contributed by atoms with E-state index in [1.54, 1.807) is 75.7 Å². The van der Waals surface area contributed by atoms with E-state index in [0.29, 0.717) is 77.4 Å². The lowest BCUT2D eigenvalue weighted by atomic mass is 10.1. The molecule has 1 fully saturated rings. The van der Waals surface area contributed by atoms with Crippen LogP contribution in [0.2, 0.25) is 0 Å². The third kappa shape index (κ3) is 6.61. The molecule has 0 radical (unpaired) electrons. The SMILES string of the molecule is CC(O)c1ccc(-c2cnc3c(N4CCOCC4)nc(-c4ccc(NC(=O)Nc5ccc(C(=O)N(C)C)cc5)cc4)nc3c2)o1. The van der Waals surface area contributed by atoms with Crippen LogP contribution in [0.5, 0.6) is 0 Å². The number of aliphatic hydroxyl groups excluding tert-OH is 1. The summed E-state index contributed by atoms with van der Waals surface area (Å²) in [5.74, 6) is 2.17. The number of pyridine rings is 1. The number of carbonyl (C=O) groups excluding carboxylic acids is 2. The number of furan rings is 1. The van der Waals surface area contributed by atoms with Crippen LogP contribution in [0.4, 0.5) is 22.0 Å². The molecular weight excluding hydrogens is 574 g/mol. The molecule has 1 atom stereocenters. The second-order valence-electron chi connectivity index (χ2n) is 10.9. The van der Waals surface area contributed by atoms with Crippen molar-refractivity contribution in [2.45, 2.75) is 13.0 Å². The van der Waals surface area contributed by atoms with Crippen LogP contribution in [-0.4, -0.2) is 77.3 Å². The highest BCUT2D eigenvalue weighted by molar-refractivity contribution is 6.00. The molecule has 3 amide bonds. The first-order valence-corrected chi connectivity index (χ1v) is 14.5. The van der Waals surface area contributed by atoms with Crippen molar-refractivity contribution in [3.8, 4) is 22.7 Å². The lowest BCUT2D eigenvalue weighted by Gasteiger charge is -2.28. The van der Waals surface area contributed by atoms with Crippen LogP contribution in [-0.2, 0) is 4.74 Å². The van der Waals surface area contributed by atoms with Crippen LogP contribution in [0.15, 0.2) is 77.3 Å². The van der Waals surface area contributed by atoms with Gasteiger partial charge in [-0.05, 0) is 73.7 Å². The molecule has 0 bridgehead atoms. The predicted molar refractivity (Wildman–Crippen MR) is 171 cm³/mol. The Bertz CT molecular complexity index is 1830. The molecular formula is C33H33N7O5. The third-order valence-electron chi connectivity index (χ3n) is 7.35. The Hall–Kier alpha value is -5.33. The van der Waals surface area contributed by atoms with Gasteiger partial charge in [-0.1, -0.05) is 0 Å². The minimum atomic E-state index is -0.718. The molecule has 3 aromatic heterocycles. The first-order valence-electron chi connectivity index (χ1n) is 14.5. The minimum absolute atomic E-state index is 0.112. The summed E-state index contributed by atoms with van der Waals surface area (Å²) in [7, 11) is 3.37. The Labute approximate surface area is 259 Å². The van der Waals surface area contributed by atoms with Crippen molar-refractivity contribution in [2.75, 3.05) is 55.9 Å². The number of anilines is 3. The van der Waals surface area contributed by atoms with Gasteiger partial charge in [0.25, 0.3) is 5.91 Å². The van der Waals surface area contributed by atoms with Crippen molar-refractivity contribution >= 4 is 40.2 Å².